The molecule has 6 heteroatoms. The molecule has 0 aliphatic carbocycles. The van der Waals surface area contributed by atoms with E-state index < -0.39 is 0 Å². The van der Waals surface area contributed by atoms with Crippen LogP contribution in [0.25, 0.3) is 0 Å². The molecule has 0 aliphatic rings. The Morgan fingerprint density at radius 1 is 1.47 bits per heavy atom. The van der Waals surface area contributed by atoms with Gasteiger partial charge in [0.2, 0.25) is 5.71 Å². The van der Waals surface area contributed by atoms with Crippen LogP contribution in [0.3, 0.4) is 0 Å². The monoisotopic (exact) mass is 275 g/mol. The molecule has 0 bridgehead atoms. The average molecular weight is 275 g/mol. The fourth-order valence-corrected chi connectivity index (χ4v) is 2.22. The van der Waals surface area contributed by atoms with Crippen molar-refractivity contribution >= 4 is 29.0 Å². The van der Waals surface area contributed by atoms with Crippen LogP contribution in [-0.2, 0) is 0 Å². The van der Waals surface area contributed by atoms with Crippen molar-refractivity contribution in [2.75, 3.05) is 11.2 Å². The summed E-state index contributed by atoms with van der Waals surface area (Å²) in [6.45, 7) is 2.17. The zero-order valence-corrected chi connectivity index (χ0v) is 11.6. The predicted octanol–water partition coefficient (Wildman–Crippen LogP) is 2.81. The molecule has 1 aromatic carbocycles. The minimum absolute atomic E-state index is 0.124. The van der Waals surface area contributed by atoms with E-state index in [4.69, 9.17) is 16.4 Å². The van der Waals surface area contributed by atoms with Crippen molar-refractivity contribution in [3.05, 3.63) is 24.3 Å². The maximum atomic E-state index is 8.69. The highest BCUT2D eigenvalue weighted by Gasteiger charge is 2.00. The summed E-state index contributed by atoms with van der Waals surface area (Å²) in [5, 5.41) is 19.6. The number of benzene rings is 1. The lowest BCUT2D eigenvalue weighted by Gasteiger charge is -2.03. The van der Waals surface area contributed by atoms with Crippen LogP contribution in [0.5, 0.6) is 0 Å². The third-order valence-corrected chi connectivity index (χ3v) is 3.38. The molecule has 0 aromatic heterocycles. The van der Waals surface area contributed by atoms with Gasteiger partial charge in [-0.3, -0.25) is 10.8 Å². The molecule has 0 saturated heterocycles. The highest BCUT2D eigenvalue weighted by Crippen LogP contribution is 2.21. The molecule has 0 heterocycles. The van der Waals surface area contributed by atoms with E-state index in [9.17, 15) is 0 Å². The molecule has 19 heavy (non-hydrogen) atoms. The quantitative estimate of drug-likeness (QED) is 0.234. The van der Waals surface area contributed by atoms with Crippen LogP contribution in [0.1, 0.15) is 19.8 Å². The number of nitrogens with two attached hydrogens (primary N) is 1. The topological polar surface area (TPSA) is 98.0 Å². The zero-order valence-electron chi connectivity index (χ0n) is 10.8. The van der Waals surface area contributed by atoms with Crippen LogP contribution in [0.15, 0.2) is 34.3 Å². The molecular formula is C13H17N5S. The summed E-state index contributed by atoms with van der Waals surface area (Å²) in [5.41, 5.74) is 8.53. The molecule has 0 atom stereocenters. The summed E-state index contributed by atoms with van der Waals surface area (Å²) in [6, 6.07) is 9.51. The third kappa shape index (κ3) is 5.44. The van der Waals surface area contributed by atoms with Crippen molar-refractivity contribution in [2.24, 2.45) is 10.8 Å². The minimum atomic E-state index is -0.346. The Morgan fingerprint density at radius 3 is 2.68 bits per heavy atom. The van der Waals surface area contributed by atoms with Crippen LogP contribution >= 0.6 is 11.8 Å². The van der Waals surface area contributed by atoms with E-state index in [2.05, 4.69) is 17.5 Å². The van der Waals surface area contributed by atoms with Gasteiger partial charge in [-0.25, -0.2) is 0 Å². The van der Waals surface area contributed by atoms with E-state index in [0.717, 1.165) is 11.4 Å². The summed E-state index contributed by atoms with van der Waals surface area (Å²) in [5.74, 6) is 0.770. The maximum absolute atomic E-state index is 8.69. The number of amidine groups is 1. The van der Waals surface area contributed by atoms with Crippen molar-refractivity contribution in [3.63, 3.8) is 0 Å². The van der Waals surface area contributed by atoms with Crippen molar-refractivity contribution in [1.29, 1.82) is 10.7 Å². The van der Waals surface area contributed by atoms with E-state index in [-0.39, 0.29) is 11.5 Å². The lowest BCUT2D eigenvalue weighted by Crippen LogP contribution is -2.21. The normalized spacial score (nSPS) is 10.8. The Balaban J connectivity index is 2.57. The van der Waals surface area contributed by atoms with Crippen LogP contribution in [-0.4, -0.2) is 17.3 Å². The second-order valence-corrected chi connectivity index (χ2v) is 4.99. The minimum Gasteiger partial charge on any atom is -0.382 e. The van der Waals surface area contributed by atoms with Gasteiger partial charge in [0.1, 0.15) is 6.07 Å². The molecule has 4 N–H and O–H groups in total. The summed E-state index contributed by atoms with van der Waals surface area (Å²) < 4.78 is 0. The standard InChI is InChI=1S/C13H17N5S/c1-2-3-8-19-11-6-4-10(5-7-11)17-18-12(9-14)13(15)16/h4-7,17H,2-3,8H2,1H3,(H3,15,16)/b18-12+. The second kappa shape index (κ2) is 8.16. The Bertz CT molecular complexity index is 487. The van der Waals surface area contributed by atoms with Gasteiger partial charge in [0.05, 0.1) is 5.69 Å². The Morgan fingerprint density at radius 2 is 2.16 bits per heavy atom. The SMILES string of the molecule is CCCCSc1ccc(N/N=C(\C#N)C(=N)N)cc1. The van der Waals surface area contributed by atoms with E-state index in [1.807, 2.05) is 36.0 Å². The molecule has 0 radical (unpaired) electrons. The van der Waals surface area contributed by atoms with Crippen molar-refractivity contribution in [1.82, 2.24) is 0 Å². The van der Waals surface area contributed by atoms with Gasteiger partial charge in [0, 0.05) is 4.90 Å². The van der Waals surface area contributed by atoms with Crippen molar-refractivity contribution in [3.8, 4) is 6.07 Å². The molecule has 0 aliphatic heterocycles. The third-order valence-electron chi connectivity index (χ3n) is 2.28. The fourth-order valence-electron chi connectivity index (χ4n) is 1.23. The Kier molecular flexibility index (Phi) is 6.47. The fraction of sp³-hybridized carbons (Fsp3) is 0.308. The Labute approximate surface area is 117 Å². The molecule has 0 amide bonds. The summed E-state index contributed by atoms with van der Waals surface area (Å²) in [7, 11) is 0. The van der Waals surface area contributed by atoms with Gasteiger partial charge in [0.25, 0.3) is 0 Å². The van der Waals surface area contributed by atoms with Crippen LogP contribution in [0.4, 0.5) is 5.69 Å². The predicted molar refractivity (Wildman–Crippen MR) is 80.7 cm³/mol. The number of hydrogen-bond acceptors (Lipinski definition) is 5. The van der Waals surface area contributed by atoms with Gasteiger partial charge in [-0.05, 0) is 36.4 Å². The summed E-state index contributed by atoms with van der Waals surface area (Å²) in [4.78, 5) is 1.20. The summed E-state index contributed by atoms with van der Waals surface area (Å²) >= 11 is 1.82. The van der Waals surface area contributed by atoms with Gasteiger partial charge >= 0.3 is 0 Å². The van der Waals surface area contributed by atoms with Crippen LogP contribution in [0, 0.1) is 16.7 Å². The number of unbranched alkanes of at least 4 members (excludes halogenated alkanes) is 1. The number of nitriles is 1. The van der Waals surface area contributed by atoms with Gasteiger partial charge in [-0.15, -0.1) is 11.8 Å². The van der Waals surface area contributed by atoms with Crippen LogP contribution < -0.4 is 11.2 Å². The zero-order chi connectivity index (χ0) is 14.1. The smallest absolute Gasteiger partial charge is 0.201 e. The molecule has 5 nitrogen and oxygen atoms in total. The highest BCUT2D eigenvalue weighted by molar-refractivity contribution is 7.99. The number of hydrazone groups is 1. The van der Waals surface area contributed by atoms with Crippen molar-refractivity contribution in [2.45, 2.75) is 24.7 Å². The molecular weight excluding hydrogens is 258 g/mol. The molecule has 1 aromatic rings. The largest absolute Gasteiger partial charge is 0.382 e. The molecule has 0 unspecified atom stereocenters. The number of rotatable bonds is 7. The molecule has 0 saturated carbocycles. The number of anilines is 1. The lowest BCUT2D eigenvalue weighted by molar-refractivity contribution is 0.896. The number of nitrogens with zero attached hydrogens (tertiary/aromatic N) is 2. The first-order chi connectivity index (χ1) is 9.17. The van der Waals surface area contributed by atoms with Crippen LogP contribution in [0.2, 0.25) is 0 Å². The Hall–Kier alpha value is -2.00. The second-order valence-electron chi connectivity index (χ2n) is 3.82. The molecule has 1 rings (SSSR count). The molecule has 0 fully saturated rings. The summed E-state index contributed by atoms with van der Waals surface area (Å²) in [6.07, 6.45) is 2.41. The van der Waals surface area contributed by atoms with Gasteiger partial charge in [-0.2, -0.15) is 10.4 Å². The molecule has 0 spiro atoms. The van der Waals surface area contributed by atoms with Gasteiger partial charge in [0.15, 0.2) is 5.84 Å². The van der Waals surface area contributed by atoms with Gasteiger partial charge in [-0.1, -0.05) is 13.3 Å². The first-order valence-electron chi connectivity index (χ1n) is 5.98. The lowest BCUT2D eigenvalue weighted by atomic mass is 10.3. The number of thioether (sulfide) groups is 1. The average Bonchev–Trinajstić information content (AvgIpc) is 2.41. The van der Waals surface area contributed by atoms with Gasteiger partial charge < -0.3 is 5.73 Å². The molecule has 100 valence electrons. The first kappa shape index (κ1) is 15.1. The maximum Gasteiger partial charge on any atom is 0.201 e. The van der Waals surface area contributed by atoms with E-state index in [1.165, 1.54) is 17.7 Å². The van der Waals surface area contributed by atoms with E-state index >= 15 is 0 Å². The number of nitrogens with one attached hydrogen (secondary N) is 2. The first-order valence-corrected chi connectivity index (χ1v) is 6.97. The van der Waals surface area contributed by atoms with E-state index in [0.29, 0.717) is 0 Å². The van der Waals surface area contributed by atoms with E-state index in [1.54, 1.807) is 6.07 Å². The highest BCUT2D eigenvalue weighted by atomic mass is 32.2. The van der Waals surface area contributed by atoms with Crippen molar-refractivity contribution < 1.29 is 0 Å². The number of hydrogen-bond donors (Lipinski definition) is 3.